The van der Waals surface area contributed by atoms with Crippen molar-refractivity contribution in [3.05, 3.63) is 0 Å². The first kappa shape index (κ1) is 12.0. The Kier molecular flexibility index (Phi) is 6.53. The van der Waals surface area contributed by atoms with E-state index in [-0.39, 0.29) is 6.61 Å². The molecule has 5 nitrogen and oxygen atoms in total. The maximum atomic E-state index is 8.49. The third-order valence-electron chi connectivity index (χ3n) is 1.33. The van der Waals surface area contributed by atoms with Crippen molar-refractivity contribution in [3.63, 3.8) is 0 Å². The average Bonchev–Trinajstić information content (AvgIpc) is 2.14. The molecule has 1 N–H and O–H groups in total. The summed E-state index contributed by atoms with van der Waals surface area (Å²) >= 11 is 0. The van der Waals surface area contributed by atoms with Crippen LogP contribution in [0.1, 0.15) is 6.42 Å². The quantitative estimate of drug-likeness (QED) is 0.450. The molecule has 0 unspecified atom stereocenters. The average molecular weight is 196 g/mol. The molecule has 0 aromatic rings. The predicted octanol–water partition coefficient (Wildman–Crippen LogP) is -0.240. The van der Waals surface area contributed by atoms with Gasteiger partial charge in [-0.25, -0.2) is 0 Å². The normalized spacial score (nSPS) is 12.0. The van der Waals surface area contributed by atoms with Gasteiger partial charge in [0.25, 0.3) is 0 Å². The summed E-state index contributed by atoms with van der Waals surface area (Å²) in [5, 5.41) is 8.49. The Morgan fingerprint density at radius 1 is 1.08 bits per heavy atom. The highest BCUT2D eigenvalue weighted by Gasteiger charge is 2.41. The minimum Gasteiger partial charge on any atom is -0.396 e. The molecule has 74 valence electrons. The number of hydrogen-bond donors (Lipinski definition) is 1. The van der Waals surface area contributed by atoms with Gasteiger partial charge in [0, 0.05) is 34.5 Å². The second-order valence-electron chi connectivity index (χ2n) is 2.04. The summed E-state index contributed by atoms with van der Waals surface area (Å²) in [6.07, 6.45) is 0.546. The van der Waals surface area contributed by atoms with Gasteiger partial charge in [0.1, 0.15) is 0 Å². The molecule has 0 radical (unpaired) electrons. The smallest absolute Gasteiger partial charge is 0.396 e. The maximum absolute atomic E-state index is 8.49. The van der Waals surface area contributed by atoms with Gasteiger partial charge in [0.15, 0.2) is 0 Å². The van der Waals surface area contributed by atoms with Crippen LogP contribution in [0.25, 0.3) is 0 Å². The lowest BCUT2D eigenvalue weighted by Crippen LogP contribution is -2.46. The third kappa shape index (κ3) is 3.61. The molecule has 0 aromatic heterocycles. The summed E-state index contributed by atoms with van der Waals surface area (Å²) in [6, 6.07) is 0. The number of aliphatic hydroxyl groups excluding tert-OH is 1. The lowest BCUT2D eigenvalue weighted by molar-refractivity contribution is 0.00322. The van der Waals surface area contributed by atoms with Crippen molar-refractivity contribution in [2.75, 3.05) is 34.5 Å². The molecule has 0 spiro atoms. The second kappa shape index (κ2) is 6.52. The van der Waals surface area contributed by atoms with Gasteiger partial charge in [0.05, 0.1) is 0 Å². The third-order valence-corrected chi connectivity index (χ3v) is 3.39. The fourth-order valence-electron chi connectivity index (χ4n) is 0.688. The molecule has 0 aliphatic heterocycles. The fraction of sp³-hybridized carbons (Fsp3) is 1.00. The highest BCUT2D eigenvalue weighted by Crippen LogP contribution is 2.07. The molecule has 0 rings (SSSR count). The van der Waals surface area contributed by atoms with Gasteiger partial charge in [-0.3, -0.25) is 0 Å². The highest BCUT2D eigenvalue weighted by atomic mass is 28.4. The second-order valence-corrected chi connectivity index (χ2v) is 4.55. The van der Waals surface area contributed by atoms with E-state index in [9.17, 15) is 0 Å². The standard InChI is InChI=1S/C6H16O5Si/c1-8-12(9-2,10-3)11-6-4-5-7/h7H,4-6H2,1-3H3. The van der Waals surface area contributed by atoms with Gasteiger partial charge in [-0.05, 0) is 6.42 Å². The van der Waals surface area contributed by atoms with E-state index in [0.29, 0.717) is 13.0 Å². The SMILES string of the molecule is CO[Si](OC)(OC)OCCCO. The van der Waals surface area contributed by atoms with E-state index < -0.39 is 9.05 Å². The van der Waals surface area contributed by atoms with E-state index in [1.54, 1.807) is 0 Å². The Labute approximate surface area is 73.7 Å². The molecule has 0 aliphatic rings. The topological polar surface area (TPSA) is 57.2 Å². The van der Waals surface area contributed by atoms with Gasteiger partial charge < -0.3 is 22.8 Å². The van der Waals surface area contributed by atoms with E-state index >= 15 is 0 Å². The lowest BCUT2D eigenvalue weighted by Gasteiger charge is -2.22. The van der Waals surface area contributed by atoms with Gasteiger partial charge in [-0.15, -0.1) is 0 Å². The fourth-order valence-corrected chi connectivity index (χ4v) is 1.94. The Hall–Kier alpha value is 0.0169. The van der Waals surface area contributed by atoms with Gasteiger partial charge in [-0.2, -0.15) is 0 Å². The van der Waals surface area contributed by atoms with Crippen molar-refractivity contribution < 1.29 is 22.8 Å². The summed E-state index contributed by atoms with van der Waals surface area (Å²) in [5.41, 5.74) is 0. The molecule has 0 fully saturated rings. The van der Waals surface area contributed by atoms with Crippen molar-refractivity contribution in [1.82, 2.24) is 0 Å². The van der Waals surface area contributed by atoms with Gasteiger partial charge >= 0.3 is 9.05 Å². The van der Waals surface area contributed by atoms with E-state index in [4.69, 9.17) is 22.8 Å². The van der Waals surface area contributed by atoms with Crippen LogP contribution >= 0.6 is 0 Å². The molecular weight excluding hydrogens is 180 g/mol. The molecule has 0 atom stereocenters. The van der Waals surface area contributed by atoms with E-state index in [2.05, 4.69) is 0 Å². The molecule has 12 heavy (non-hydrogen) atoms. The number of rotatable bonds is 7. The van der Waals surface area contributed by atoms with Crippen LogP contribution in [0.2, 0.25) is 0 Å². The predicted molar refractivity (Wildman–Crippen MR) is 44.4 cm³/mol. The van der Waals surface area contributed by atoms with Gasteiger partial charge in [-0.1, -0.05) is 0 Å². The van der Waals surface area contributed by atoms with Crippen molar-refractivity contribution in [1.29, 1.82) is 0 Å². The molecule has 0 bridgehead atoms. The molecule has 0 aliphatic carbocycles. The van der Waals surface area contributed by atoms with Crippen LogP contribution in [-0.4, -0.2) is 48.7 Å². The minimum atomic E-state index is -2.87. The number of aliphatic hydroxyl groups is 1. The van der Waals surface area contributed by atoms with Crippen LogP contribution in [0.3, 0.4) is 0 Å². The first-order valence-corrected chi connectivity index (χ1v) is 5.28. The van der Waals surface area contributed by atoms with Crippen LogP contribution in [0.4, 0.5) is 0 Å². The van der Waals surface area contributed by atoms with Crippen molar-refractivity contribution in [2.45, 2.75) is 6.42 Å². The maximum Gasteiger partial charge on any atom is 0.678 e. The molecule has 6 heteroatoms. The van der Waals surface area contributed by atoms with E-state index in [0.717, 1.165) is 0 Å². The first-order chi connectivity index (χ1) is 5.74. The van der Waals surface area contributed by atoms with Crippen molar-refractivity contribution in [2.24, 2.45) is 0 Å². The Balaban J connectivity index is 3.76. The van der Waals surface area contributed by atoms with E-state index in [1.165, 1.54) is 21.3 Å². The van der Waals surface area contributed by atoms with Gasteiger partial charge in [0.2, 0.25) is 0 Å². The molecular formula is C6H16O5Si. The molecule has 0 aromatic carbocycles. The molecule has 0 saturated carbocycles. The molecule has 0 amide bonds. The Morgan fingerprint density at radius 3 is 1.92 bits per heavy atom. The van der Waals surface area contributed by atoms with Crippen LogP contribution in [0.15, 0.2) is 0 Å². The summed E-state index contributed by atoms with van der Waals surface area (Å²) in [5.74, 6) is 0. The summed E-state index contributed by atoms with van der Waals surface area (Å²) in [7, 11) is 1.55. The first-order valence-electron chi connectivity index (χ1n) is 3.65. The Morgan fingerprint density at radius 2 is 1.58 bits per heavy atom. The lowest BCUT2D eigenvalue weighted by atomic mass is 10.5. The minimum absolute atomic E-state index is 0.0849. The summed E-state index contributed by atoms with van der Waals surface area (Å²) < 4.78 is 20.2. The summed E-state index contributed by atoms with van der Waals surface area (Å²) in [4.78, 5) is 0. The number of hydrogen-bond acceptors (Lipinski definition) is 5. The zero-order chi connectivity index (χ0) is 9.45. The Bertz CT molecular complexity index is 97.8. The molecule has 0 heterocycles. The summed E-state index contributed by atoms with van der Waals surface area (Å²) in [6.45, 7) is 0.458. The van der Waals surface area contributed by atoms with Crippen LogP contribution in [-0.2, 0) is 17.7 Å². The zero-order valence-electron chi connectivity index (χ0n) is 7.70. The van der Waals surface area contributed by atoms with Crippen molar-refractivity contribution >= 4 is 9.05 Å². The van der Waals surface area contributed by atoms with Crippen LogP contribution in [0, 0.1) is 0 Å². The van der Waals surface area contributed by atoms with Crippen molar-refractivity contribution in [3.8, 4) is 0 Å². The zero-order valence-corrected chi connectivity index (χ0v) is 8.70. The monoisotopic (exact) mass is 196 g/mol. The molecule has 0 saturated heterocycles. The van der Waals surface area contributed by atoms with Crippen LogP contribution in [0.5, 0.6) is 0 Å². The van der Waals surface area contributed by atoms with E-state index in [1.807, 2.05) is 0 Å². The largest absolute Gasteiger partial charge is 0.678 e. The van der Waals surface area contributed by atoms with Crippen LogP contribution < -0.4 is 0 Å². The highest BCUT2D eigenvalue weighted by molar-refractivity contribution is 6.53.